The number of imidazole rings is 1. The Morgan fingerprint density at radius 1 is 1.00 bits per heavy atom. The molecule has 0 aliphatic rings. The smallest absolute Gasteiger partial charge is 0.268 e. The molecule has 2 heterocycles. The molecule has 0 fully saturated rings. The molecule has 4 rings (SSSR count). The quantitative estimate of drug-likeness (QED) is 0.454. The number of furan rings is 1. The topological polar surface area (TPSA) is 89.2 Å². The van der Waals surface area contributed by atoms with E-state index in [1.165, 1.54) is 12.3 Å². The average molecular weight is 412 g/mol. The van der Waals surface area contributed by atoms with E-state index in [2.05, 4.69) is 15.6 Å². The van der Waals surface area contributed by atoms with Crippen molar-refractivity contribution >= 4 is 17.9 Å². The maximum Gasteiger partial charge on any atom is 0.268 e. The summed E-state index contributed by atoms with van der Waals surface area (Å²) < 4.78 is 7.19. The molecule has 2 amide bonds. The monoisotopic (exact) mass is 412 g/mol. The summed E-state index contributed by atoms with van der Waals surface area (Å²) >= 11 is 0. The van der Waals surface area contributed by atoms with Crippen LogP contribution in [0.25, 0.3) is 11.8 Å². The number of rotatable bonds is 7. The standard InChI is InChI=1S/C24H20N4O3/c29-23(19-5-2-1-3-6-19)27-22(15-21-7-4-14-31-21)24(30)26-16-18-8-10-20(11-9-18)28-13-12-25-17-28/h1-15,17H,16H2,(H,26,30)(H,27,29). The Morgan fingerprint density at radius 3 is 2.48 bits per heavy atom. The largest absolute Gasteiger partial charge is 0.465 e. The first-order valence-electron chi connectivity index (χ1n) is 9.66. The van der Waals surface area contributed by atoms with Crippen LogP contribution >= 0.6 is 0 Å². The van der Waals surface area contributed by atoms with Gasteiger partial charge in [0.15, 0.2) is 0 Å². The Bertz CT molecular complexity index is 1160. The molecule has 4 aromatic rings. The number of hydrogen-bond donors (Lipinski definition) is 2. The molecule has 0 saturated carbocycles. The summed E-state index contributed by atoms with van der Waals surface area (Å²) in [6.45, 7) is 0.305. The highest BCUT2D eigenvalue weighted by molar-refractivity contribution is 6.05. The molecular weight excluding hydrogens is 392 g/mol. The number of hydrogen-bond acceptors (Lipinski definition) is 4. The van der Waals surface area contributed by atoms with Gasteiger partial charge in [-0.3, -0.25) is 9.59 Å². The lowest BCUT2D eigenvalue weighted by Gasteiger charge is -2.11. The third-order valence-electron chi connectivity index (χ3n) is 4.55. The maximum absolute atomic E-state index is 12.8. The summed E-state index contributed by atoms with van der Waals surface area (Å²) in [4.78, 5) is 29.4. The van der Waals surface area contributed by atoms with Gasteiger partial charge < -0.3 is 19.6 Å². The third-order valence-corrected chi connectivity index (χ3v) is 4.55. The fraction of sp³-hybridized carbons (Fsp3) is 0.0417. The molecule has 31 heavy (non-hydrogen) atoms. The molecule has 2 aromatic heterocycles. The molecule has 0 aliphatic heterocycles. The lowest BCUT2D eigenvalue weighted by atomic mass is 10.2. The zero-order valence-electron chi connectivity index (χ0n) is 16.6. The summed E-state index contributed by atoms with van der Waals surface area (Å²) in [5.74, 6) is -0.333. The van der Waals surface area contributed by atoms with Crippen molar-refractivity contribution in [2.45, 2.75) is 6.54 Å². The first kappa shape index (κ1) is 19.9. The van der Waals surface area contributed by atoms with Crippen LogP contribution in [0, 0.1) is 0 Å². The Balaban J connectivity index is 1.45. The van der Waals surface area contributed by atoms with Gasteiger partial charge in [0.2, 0.25) is 0 Å². The molecule has 2 aromatic carbocycles. The van der Waals surface area contributed by atoms with Crippen LogP contribution in [0.15, 0.2) is 102 Å². The van der Waals surface area contributed by atoms with Crippen LogP contribution < -0.4 is 10.6 Å². The van der Waals surface area contributed by atoms with Gasteiger partial charge in [0.1, 0.15) is 11.5 Å². The van der Waals surface area contributed by atoms with Gasteiger partial charge in [-0.2, -0.15) is 0 Å². The van der Waals surface area contributed by atoms with Gasteiger partial charge in [-0.1, -0.05) is 30.3 Å². The van der Waals surface area contributed by atoms with Crippen molar-refractivity contribution in [1.82, 2.24) is 20.2 Å². The molecule has 0 saturated heterocycles. The van der Waals surface area contributed by atoms with E-state index in [-0.39, 0.29) is 11.6 Å². The number of aromatic nitrogens is 2. The number of carbonyl (C=O) groups excluding carboxylic acids is 2. The van der Waals surface area contributed by atoms with Gasteiger partial charge >= 0.3 is 0 Å². The van der Waals surface area contributed by atoms with Crippen LogP contribution in [-0.2, 0) is 11.3 Å². The summed E-state index contributed by atoms with van der Waals surface area (Å²) in [6.07, 6.45) is 8.29. The van der Waals surface area contributed by atoms with Crippen molar-refractivity contribution in [2.75, 3.05) is 0 Å². The van der Waals surface area contributed by atoms with E-state index < -0.39 is 5.91 Å². The van der Waals surface area contributed by atoms with E-state index in [1.807, 2.05) is 41.1 Å². The lowest BCUT2D eigenvalue weighted by molar-refractivity contribution is -0.117. The zero-order chi connectivity index (χ0) is 21.5. The number of nitrogens with zero attached hydrogens (tertiary/aromatic N) is 2. The second-order valence-corrected chi connectivity index (χ2v) is 6.71. The van der Waals surface area contributed by atoms with Gasteiger partial charge in [-0.05, 0) is 42.0 Å². The highest BCUT2D eigenvalue weighted by atomic mass is 16.3. The molecule has 0 spiro atoms. The highest BCUT2D eigenvalue weighted by Crippen LogP contribution is 2.11. The number of carbonyl (C=O) groups is 2. The van der Waals surface area contributed by atoms with E-state index in [0.29, 0.717) is 17.9 Å². The van der Waals surface area contributed by atoms with Crippen LogP contribution in [0.5, 0.6) is 0 Å². The predicted octanol–water partition coefficient (Wildman–Crippen LogP) is 3.55. The minimum absolute atomic E-state index is 0.0961. The second kappa shape index (κ2) is 9.41. The maximum atomic E-state index is 12.8. The van der Waals surface area contributed by atoms with Gasteiger partial charge in [0.25, 0.3) is 11.8 Å². The molecule has 7 heteroatoms. The van der Waals surface area contributed by atoms with Crippen molar-refractivity contribution in [3.63, 3.8) is 0 Å². The summed E-state index contributed by atoms with van der Waals surface area (Å²) in [6, 6.07) is 19.9. The van der Waals surface area contributed by atoms with E-state index in [0.717, 1.165) is 11.3 Å². The number of amides is 2. The average Bonchev–Trinajstić information content (AvgIpc) is 3.52. The third kappa shape index (κ3) is 5.16. The Labute approximate surface area is 179 Å². The van der Waals surface area contributed by atoms with Crippen molar-refractivity contribution in [3.05, 3.63) is 114 Å². The second-order valence-electron chi connectivity index (χ2n) is 6.71. The van der Waals surface area contributed by atoms with E-state index >= 15 is 0 Å². The molecule has 2 N–H and O–H groups in total. The zero-order valence-corrected chi connectivity index (χ0v) is 16.6. The Hall–Kier alpha value is -4.39. The molecule has 0 aliphatic carbocycles. The molecule has 7 nitrogen and oxygen atoms in total. The Kier molecular flexibility index (Phi) is 6.04. The predicted molar refractivity (Wildman–Crippen MR) is 116 cm³/mol. The van der Waals surface area contributed by atoms with Crippen LogP contribution in [0.3, 0.4) is 0 Å². The molecule has 0 bridgehead atoms. The summed E-state index contributed by atoms with van der Waals surface area (Å²) in [7, 11) is 0. The van der Waals surface area contributed by atoms with Gasteiger partial charge in [0, 0.05) is 36.3 Å². The fourth-order valence-corrected chi connectivity index (χ4v) is 2.93. The molecule has 0 radical (unpaired) electrons. The highest BCUT2D eigenvalue weighted by Gasteiger charge is 2.15. The number of nitrogens with one attached hydrogen (secondary N) is 2. The Morgan fingerprint density at radius 2 is 1.81 bits per heavy atom. The lowest BCUT2D eigenvalue weighted by Crippen LogP contribution is -2.34. The van der Waals surface area contributed by atoms with Gasteiger partial charge in [0.05, 0.1) is 12.6 Å². The molecular formula is C24H20N4O3. The molecule has 0 unspecified atom stereocenters. The van der Waals surface area contributed by atoms with Crippen molar-refractivity contribution in [1.29, 1.82) is 0 Å². The minimum Gasteiger partial charge on any atom is -0.465 e. The SMILES string of the molecule is O=C(NCc1ccc(-n2ccnc2)cc1)C(=Cc1ccco1)NC(=O)c1ccccc1. The van der Waals surface area contributed by atoms with Crippen molar-refractivity contribution in [2.24, 2.45) is 0 Å². The van der Waals surface area contributed by atoms with Crippen LogP contribution in [0.4, 0.5) is 0 Å². The van der Waals surface area contributed by atoms with E-state index in [1.54, 1.807) is 48.9 Å². The number of benzene rings is 2. The normalized spacial score (nSPS) is 11.2. The summed E-state index contributed by atoms with van der Waals surface area (Å²) in [5.41, 5.74) is 2.44. The van der Waals surface area contributed by atoms with Crippen molar-refractivity contribution in [3.8, 4) is 5.69 Å². The van der Waals surface area contributed by atoms with Gasteiger partial charge in [-0.25, -0.2) is 4.98 Å². The fourth-order valence-electron chi connectivity index (χ4n) is 2.93. The first-order valence-corrected chi connectivity index (χ1v) is 9.66. The van der Waals surface area contributed by atoms with Crippen molar-refractivity contribution < 1.29 is 14.0 Å². The summed E-state index contributed by atoms with van der Waals surface area (Å²) in [5, 5.41) is 5.51. The molecule has 0 atom stereocenters. The molecule has 154 valence electrons. The minimum atomic E-state index is -0.417. The van der Waals surface area contributed by atoms with E-state index in [9.17, 15) is 9.59 Å². The van der Waals surface area contributed by atoms with Crippen LogP contribution in [0.1, 0.15) is 21.7 Å². The van der Waals surface area contributed by atoms with Gasteiger partial charge in [-0.15, -0.1) is 0 Å². The van der Waals surface area contributed by atoms with E-state index in [4.69, 9.17) is 4.42 Å². The van der Waals surface area contributed by atoms with Crippen LogP contribution in [-0.4, -0.2) is 21.4 Å². The first-order chi connectivity index (χ1) is 15.2. The van der Waals surface area contributed by atoms with Crippen LogP contribution in [0.2, 0.25) is 0 Å².